The Morgan fingerprint density at radius 1 is 0.912 bits per heavy atom. The van der Waals surface area contributed by atoms with Crippen LogP contribution < -0.4 is 10.6 Å². The van der Waals surface area contributed by atoms with Crippen molar-refractivity contribution < 1.29 is 22.8 Å². The molecular weight excluding hydrogens is 508 g/mol. The Morgan fingerprint density at radius 3 is 2.15 bits per heavy atom. The topological polar surface area (TPSA) is 58.2 Å². The van der Waals surface area contributed by atoms with Crippen LogP contribution in [0.2, 0.25) is 10.0 Å². The molecule has 1 unspecified atom stereocenters. The third kappa shape index (κ3) is 7.41. The van der Waals surface area contributed by atoms with E-state index in [1.807, 2.05) is 0 Å². The maximum absolute atomic E-state index is 13.2. The Kier molecular flexibility index (Phi) is 8.52. The highest BCUT2D eigenvalue weighted by atomic mass is 35.5. The van der Waals surface area contributed by atoms with E-state index in [1.165, 1.54) is 17.8 Å². The van der Waals surface area contributed by atoms with Gasteiger partial charge in [0.25, 0.3) is 0 Å². The number of hydrogen-bond donors (Lipinski definition) is 2. The summed E-state index contributed by atoms with van der Waals surface area (Å²) in [4.78, 5) is 25.4. The lowest BCUT2D eigenvalue weighted by Crippen LogP contribution is -2.24. The summed E-state index contributed by atoms with van der Waals surface area (Å²) in [5, 5.41) is 4.95. The number of amides is 2. The highest BCUT2D eigenvalue weighted by Crippen LogP contribution is 2.37. The lowest BCUT2D eigenvalue weighted by atomic mass is 10.1. The molecule has 0 aromatic heterocycles. The first-order chi connectivity index (χ1) is 16.0. The zero-order valence-corrected chi connectivity index (χ0v) is 20.1. The summed E-state index contributed by atoms with van der Waals surface area (Å²) in [5.41, 5.74) is 0.0389. The molecule has 0 heterocycles. The van der Waals surface area contributed by atoms with Crippen molar-refractivity contribution in [1.29, 1.82) is 0 Å². The largest absolute Gasteiger partial charge is 0.418 e. The van der Waals surface area contributed by atoms with Crippen molar-refractivity contribution in [3.63, 3.8) is 0 Å². The van der Waals surface area contributed by atoms with Crippen molar-refractivity contribution in [3.8, 4) is 0 Å². The van der Waals surface area contributed by atoms with Crippen molar-refractivity contribution in [3.05, 3.63) is 87.9 Å². The molecule has 0 radical (unpaired) electrons. The fraction of sp³-hybridized carbons (Fsp3) is 0.167. The molecule has 10 heteroatoms. The van der Waals surface area contributed by atoms with Crippen molar-refractivity contribution in [2.75, 3.05) is 10.6 Å². The molecule has 2 N–H and O–H groups in total. The Labute approximate surface area is 208 Å². The van der Waals surface area contributed by atoms with Gasteiger partial charge in [-0.15, -0.1) is 11.8 Å². The molecule has 0 aliphatic rings. The van der Waals surface area contributed by atoms with Gasteiger partial charge in [-0.3, -0.25) is 9.59 Å². The van der Waals surface area contributed by atoms with Gasteiger partial charge in [0.05, 0.1) is 22.9 Å². The van der Waals surface area contributed by atoms with Gasteiger partial charge in [-0.2, -0.15) is 13.2 Å². The quantitative estimate of drug-likeness (QED) is 0.317. The van der Waals surface area contributed by atoms with Gasteiger partial charge in [0, 0.05) is 20.6 Å². The average molecular weight is 527 g/mol. The molecule has 3 aromatic carbocycles. The standard InChI is InChI=1S/C24H19Cl2F3N2O2S/c1-14(23(33)31-21-11-6-17(26)13-20(21)24(27,28)29)34-19-9-7-18(8-10-19)30-22(32)12-15-2-4-16(25)5-3-15/h2-11,13-14H,12H2,1H3,(H,30,32)(H,31,33). The van der Waals surface area contributed by atoms with Crippen molar-refractivity contribution in [1.82, 2.24) is 0 Å². The third-order valence-electron chi connectivity index (χ3n) is 4.64. The monoisotopic (exact) mass is 526 g/mol. The van der Waals surface area contributed by atoms with E-state index in [-0.39, 0.29) is 23.0 Å². The Balaban J connectivity index is 1.57. The van der Waals surface area contributed by atoms with Gasteiger partial charge in [-0.25, -0.2) is 0 Å². The van der Waals surface area contributed by atoms with Gasteiger partial charge in [-0.05, 0) is 67.1 Å². The minimum absolute atomic E-state index is 0.0758. The second-order valence-corrected chi connectivity index (χ2v) is 9.60. The van der Waals surface area contributed by atoms with Crippen molar-refractivity contribution in [2.24, 2.45) is 0 Å². The first-order valence-electron chi connectivity index (χ1n) is 10.00. The molecule has 0 spiro atoms. The van der Waals surface area contributed by atoms with E-state index in [0.29, 0.717) is 15.6 Å². The number of thioether (sulfide) groups is 1. The van der Waals surface area contributed by atoms with E-state index in [9.17, 15) is 22.8 Å². The van der Waals surface area contributed by atoms with Crippen LogP contribution in [0.5, 0.6) is 0 Å². The Bertz CT molecular complexity index is 1170. The highest BCUT2D eigenvalue weighted by Gasteiger charge is 2.34. The van der Waals surface area contributed by atoms with Crippen LogP contribution in [0.1, 0.15) is 18.1 Å². The molecule has 2 amide bonds. The molecule has 3 aromatic rings. The highest BCUT2D eigenvalue weighted by molar-refractivity contribution is 8.00. The summed E-state index contributed by atoms with van der Waals surface area (Å²) in [6.07, 6.45) is -4.47. The number of alkyl halides is 3. The van der Waals surface area contributed by atoms with Crippen LogP contribution in [0.15, 0.2) is 71.6 Å². The Hall–Kier alpha value is -2.68. The zero-order chi connectivity index (χ0) is 24.9. The maximum atomic E-state index is 13.2. The summed E-state index contributed by atoms with van der Waals surface area (Å²) in [6.45, 7) is 1.59. The second kappa shape index (κ2) is 11.2. The molecule has 34 heavy (non-hydrogen) atoms. The summed E-state index contributed by atoms with van der Waals surface area (Å²) in [7, 11) is 0. The summed E-state index contributed by atoms with van der Waals surface area (Å²) >= 11 is 12.7. The minimum atomic E-state index is -4.66. The third-order valence-corrected chi connectivity index (χ3v) is 6.24. The first kappa shape index (κ1) is 25.9. The van der Waals surface area contributed by atoms with E-state index in [2.05, 4.69) is 10.6 Å². The second-order valence-electron chi connectivity index (χ2n) is 7.31. The minimum Gasteiger partial charge on any atom is -0.326 e. The normalized spacial score (nSPS) is 12.2. The molecule has 3 rings (SSSR count). The van der Waals surface area contributed by atoms with Gasteiger partial charge in [-0.1, -0.05) is 35.3 Å². The number of nitrogens with one attached hydrogen (secondary N) is 2. The molecule has 178 valence electrons. The van der Waals surface area contributed by atoms with Crippen LogP contribution in [0.25, 0.3) is 0 Å². The van der Waals surface area contributed by atoms with Gasteiger partial charge in [0.1, 0.15) is 0 Å². The number of benzene rings is 3. The molecule has 0 saturated carbocycles. The number of halogens is 5. The lowest BCUT2D eigenvalue weighted by Gasteiger charge is -2.17. The fourth-order valence-electron chi connectivity index (χ4n) is 2.96. The summed E-state index contributed by atoms with van der Waals surface area (Å²) in [5.74, 6) is -0.780. The maximum Gasteiger partial charge on any atom is 0.418 e. The van der Waals surface area contributed by atoms with Crippen LogP contribution >= 0.6 is 35.0 Å². The number of rotatable bonds is 7. The summed E-state index contributed by atoms with van der Waals surface area (Å²) in [6, 6.07) is 17.0. The number of hydrogen-bond acceptors (Lipinski definition) is 3. The van der Waals surface area contributed by atoms with Gasteiger partial charge >= 0.3 is 6.18 Å². The number of carbonyl (C=O) groups is 2. The SMILES string of the molecule is CC(Sc1ccc(NC(=O)Cc2ccc(Cl)cc2)cc1)C(=O)Nc1ccc(Cl)cc1C(F)(F)F. The van der Waals surface area contributed by atoms with Crippen LogP contribution in [-0.2, 0) is 22.2 Å². The lowest BCUT2D eigenvalue weighted by molar-refractivity contribution is -0.137. The molecule has 4 nitrogen and oxygen atoms in total. The van der Waals surface area contributed by atoms with E-state index in [1.54, 1.807) is 55.5 Å². The van der Waals surface area contributed by atoms with Crippen LogP contribution in [0.3, 0.4) is 0 Å². The molecule has 0 fully saturated rings. The molecule has 0 saturated heterocycles. The van der Waals surface area contributed by atoms with Crippen molar-refractivity contribution >= 4 is 58.2 Å². The molecule has 0 aliphatic carbocycles. The number of carbonyl (C=O) groups excluding carboxylic acids is 2. The van der Waals surface area contributed by atoms with Crippen LogP contribution in [0.4, 0.5) is 24.5 Å². The van der Waals surface area contributed by atoms with Crippen LogP contribution in [0, 0.1) is 0 Å². The predicted molar refractivity (Wildman–Crippen MR) is 131 cm³/mol. The first-order valence-corrected chi connectivity index (χ1v) is 11.6. The molecule has 1 atom stereocenters. The zero-order valence-electron chi connectivity index (χ0n) is 17.7. The predicted octanol–water partition coefficient (Wildman–Crippen LogP) is 7.31. The van der Waals surface area contributed by atoms with E-state index < -0.39 is 22.9 Å². The van der Waals surface area contributed by atoms with Crippen LogP contribution in [-0.4, -0.2) is 17.1 Å². The average Bonchev–Trinajstić information content (AvgIpc) is 2.77. The fourth-order valence-corrected chi connectivity index (χ4v) is 4.13. The molecular formula is C24H19Cl2F3N2O2S. The van der Waals surface area contributed by atoms with Gasteiger partial charge < -0.3 is 10.6 Å². The van der Waals surface area contributed by atoms with E-state index in [0.717, 1.165) is 17.7 Å². The Morgan fingerprint density at radius 2 is 1.53 bits per heavy atom. The van der Waals surface area contributed by atoms with Crippen molar-refractivity contribution in [2.45, 2.75) is 29.7 Å². The van der Waals surface area contributed by atoms with Gasteiger partial charge in [0.15, 0.2) is 0 Å². The van der Waals surface area contributed by atoms with Gasteiger partial charge in [0.2, 0.25) is 11.8 Å². The molecule has 0 aliphatic heterocycles. The van der Waals surface area contributed by atoms with E-state index >= 15 is 0 Å². The summed E-state index contributed by atoms with van der Waals surface area (Å²) < 4.78 is 39.7. The smallest absolute Gasteiger partial charge is 0.326 e. The molecule has 0 bridgehead atoms. The van der Waals surface area contributed by atoms with E-state index in [4.69, 9.17) is 23.2 Å². The number of anilines is 2.